The van der Waals surface area contributed by atoms with Crippen LogP contribution in [0.25, 0.3) is 10.9 Å². The quantitative estimate of drug-likeness (QED) is 0.752. The molecule has 0 atom stereocenters. The van der Waals surface area contributed by atoms with Crippen LogP contribution in [-0.2, 0) is 0 Å². The number of pyridine rings is 1. The van der Waals surface area contributed by atoms with E-state index >= 15 is 0 Å². The number of rotatable bonds is 1. The van der Waals surface area contributed by atoms with Crippen LogP contribution in [0.2, 0.25) is 5.02 Å². The molecule has 0 spiro atoms. The van der Waals surface area contributed by atoms with E-state index < -0.39 is 0 Å². The molecule has 0 aliphatic rings. The molecule has 1 aromatic carbocycles. The van der Waals surface area contributed by atoms with Crippen LogP contribution in [0.3, 0.4) is 0 Å². The van der Waals surface area contributed by atoms with Crippen molar-refractivity contribution in [1.29, 1.82) is 0 Å². The highest BCUT2D eigenvalue weighted by Gasteiger charge is 2.01. The SMILES string of the molecule is CNc1nc2ccccc2cc1Cl. The maximum Gasteiger partial charge on any atom is 0.145 e. The average Bonchev–Trinajstić information content (AvgIpc) is 2.17. The van der Waals surface area contributed by atoms with Crippen molar-refractivity contribution in [3.8, 4) is 0 Å². The minimum Gasteiger partial charge on any atom is -0.372 e. The molecular weight excluding hydrogens is 184 g/mol. The Morgan fingerprint density at radius 2 is 2.08 bits per heavy atom. The molecule has 0 saturated heterocycles. The van der Waals surface area contributed by atoms with Gasteiger partial charge in [0.1, 0.15) is 5.82 Å². The summed E-state index contributed by atoms with van der Waals surface area (Å²) in [5.41, 5.74) is 0.955. The standard InChI is InChI=1S/C10H9ClN2/c1-12-10-8(11)6-7-4-2-3-5-9(7)13-10/h2-6H,1H3,(H,12,13). The van der Waals surface area contributed by atoms with Gasteiger partial charge in [-0.25, -0.2) is 4.98 Å². The lowest BCUT2D eigenvalue weighted by molar-refractivity contribution is 1.34. The number of benzene rings is 1. The van der Waals surface area contributed by atoms with Gasteiger partial charge in [0.2, 0.25) is 0 Å². The van der Waals surface area contributed by atoms with Gasteiger partial charge in [0.05, 0.1) is 10.5 Å². The first-order valence-corrected chi connectivity index (χ1v) is 4.42. The summed E-state index contributed by atoms with van der Waals surface area (Å²) in [7, 11) is 1.81. The lowest BCUT2D eigenvalue weighted by Gasteiger charge is -2.03. The third-order valence-corrected chi connectivity index (χ3v) is 2.20. The summed E-state index contributed by atoms with van der Waals surface area (Å²) in [4.78, 5) is 4.35. The fourth-order valence-corrected chi connectivity index (χ4v) is 1.52. The zero-order valence-electron chi connectivity index (χ0n) is 7.21. The molecule has 1 N–H and O–H groups in total. The van der Waals surface area contributed by atoms with Crippen LogP contribution >= 0.6 is 11.6 Å². The summed E-state index contributed by atoms with van der Waals surface area (Å²) in [6.07, 6.45) is 0. The number of nitrogens with zero attached hydrogens (tertiary/aromatic N) is 1. The molecule has 2 nitrogen and oxygen atoms in total. The molecule has 0 unspecified atom stereocenters. The smallest absolute Gasteiger partial charge is 0.145 e. The predicted octanol–water partition coefficient (Wildman–Crippen LogP) is 2.93. The van der Waals surface area contributed by atoms with Gasteiger partial charge in [-0.2, -0.15) is 0 Å². The number of fused-ring (bicyclic) bond motifs is 1. The lowest BCUT2D eigenvalue weighted by atomic mass is 10.2. The van der Waals surface area contributed by atoms with Gasteiger partial charge in [-0.3, -0.25) is 0 Å². The van der Waals surface area contributed by atoms with E-state index in [9.17, 15) is 0 Å². The molecule has 0 bridgehead atoms. The molecule has 0 radical (unpaired) electrons. The number of anilines is 1. The molecular formula is C10H9ClN2. The van der Waals surface area contributed by atoms with E-state index in [4.69, 9.17) is 11.6 Å². The normalized spacial score (nSPS) is 10.3. The van der Waals surface area contributed by atoms with Crippen molar-refractivity contribution in [3.63, 3.8) is 0 Å². The van der Waals surface area contributed by atoms with Gasteiger partial charge in [-0.05, 0) is 12.1 Å². The monoisotopic (exact) mass is 192 g/mol. The van der Waals surface area contributed by atoms with Crippen LogP contribution in [-0.4, -0.2) is 12.0 Å². The molecule has 2 aromatic rings. The van der Waals surface area contributed by atoms with Crippen LogP contribution in [0, 0.1) is 0 Å². The third-order valence-electron chi connectivity index (χ3n) is 1.91. The fourth-order valence-electron chi connectivity index (χ4n) is 1.27. The first kappa shape index (κ1) is 8.32. The van der Waals surface area contributed by atoms with Crippen LogP contribution < -0.4 is 5.32 Å². The van der Waals surface area contributed by atoms with E-state index in [1.54, 1.807) is 0 Å². The molecule has 0 amide bonds. The highest BCUT2D eigenvalue weighted by Crippen LogP contribution is 2.23. The Bertz CT molecular complexity index is 440. The average molecular weight is 193 g/mol. The Morgan fingerprint density at radius 1 is 1.31 bits per heavy atom. The summed E-state index contributed by atoms with van der Waals surface area (Å²) in [5, 5.41) is 4.66. The Balaban J connectivity index is 2.74. The summed E-state index contributed by atoms with van der Waals surface area (Å²) in [6.45, 7) is 0. The van der Waals surface area contributed by atoms with Crippen LogP contribution in [0.1, 0.15) is 0 Å². The lowest BCUT2D eigenvalue weighted by Crippen LogP contribution is -1.93. The van der Waals surface area contributed by atoms with Gasteiger partial charge in [-0.1, -0.05) is 29.8 Å². The Hall–Kier alpha value is -1.28. The predicted molar refractivity (Wildman–Crippen MR) is 56.3 cm³/mol. The van der Waals surface area contributed by atoms with Crippen LogP contribution in [0.5, 0.6) is 0 Å². The van der Waals surface area contributed by atoms with Crippen molar-refractivity contribution >= 4 is 28.3 Å². The van der Waals surface area contributed by atoms with Gasteiger partial charge in [0.25, 0.3) is 0 Å². The molecule has 0 aliphatic heterocycles. The summed E-state index contributed by atoms with van der Waals surface area (Å²) in [5.74, 6) is 0.723. The van der Waals surface area contributed by atoms with Crippen molar-refractivity contribution < 1.29 is 0 Å². The highest BCUT2D eigenvalue weighted by atomic mass is 35.5. The van der Waals surface area contributed by atoms with E-state index in [1.807, 2.05) is 37.4 Å². The largest absolute Gasteiger partial charge is 0.372 e. The van der Waals surface area contributed by atoms with Crippen LogP contribution in [0.4, 0.5) is 5.82 Å². The maximum absolute atomic E-state index is 5.98. The van der Waals surface area contributed by atoms with Gasteiger partial charge < -0.3 is 5.32 Å². The Morgan fingerprint density at radius 3 is 2.85 bits per heavy atom. The zero-order valence-corrected chi connectivity index (χ0v) is 7.97. The van der Waals surface area contributed by atoms with E-state index in [0.29, 0.717) is 5.02 Å². The Labute approximate surface area is 81.6 Å². The first-order valence-electron chi connectivity index (χ1n) is 4.04. The summed E-state index contributed by atoms with van der Waals surface area (Å²) >= 11 is 5.98. The summed E-state index contributed by atoms with van der Waals surface area (Å²) < 4.78 is 0. The number of para-hydroxylation sites is 1. The molecule has 3 heteroatoms. The second-order valence-corrected chi connectivity index (χ2v) is 3.17. The molecule has 66 valence electrons. The first-order chi connectivity index (χ1) is 6.31. The maximum atomic E-state index is 5.98. The molecule has 13 heavy (non-hydrogen) atoms. The van der Waals surface area contributed by atoms with Gasteiger partial charge in [0, 0.05) is 12.4 Å². The Kier molecular flexibility index (Phi) is 2.07. The number of nitrogens with one attached hydrogen (secondary N) is 1. The minimum atomic E-state index is 0.654. The fraction of sp³-hybridized carbons (Fsp3) is 0.100. The van der Waals surface area contributed by atoms with Crippen molar-refractivity contribution in [2.24, 2.45) is 0 Å². The van der Waals surface area contributed by atoms with Gasteiger partial charge >= 0.3 is 0 Å². The molecule has 1 heterocycles. The van der Waals surface area contributed by atoms with Crippen LogP contribution in [0.15, 0.2) is 30.3 Å². The van der Waals surface area contributed by atoms with Crippen molar-refractivity contribution in [3.05, 3.63) is 35.4 Å². The van der Waals surface area contributed by atoms with Gasteiger partial charge in [-0.15, -0.1) is 0 Å². The second kappa shape index (κ2) is 3.23. The zero-order chi connectivity index (χ0) is 9.26. The highest BCUT2D eigenvalue weighted by molar-refractivity contribution is 6.33. The number of hydrogen-bond donors (Lipinski definition) is 1. The molecule has 0 aliphatic carbocycles. The second-order valence-electron chi connectivity index (χ2n) is 2.76. The number of hydrogen-bond acceptors (Lipinski definition) is 2. The van der Waals surface area contributed by atoms with E-state index in [1.165, 1.54) is 0 Å². The summed E-state index contributed by atoms with van der Waals surface area (Å²) in [6, 6.07) is 9.80. The number of halogens is 1. The van der Waals surface area contributed by atoms with Crippen molar-refractivity contribution in [2.45, 2.75) is 0 Å². The van der Waals surface area contributed by atoms with Crippen molar-refractivity contribution in [2.75, 3.05) is 12.4 Å². The molecule has 1 aromatic heterocycles. The van der Waals surface area contributed by atoms with Crippen molar-refractivity contribution in [1.82, 2.24) is 4.98 Å². The third kappa shape index (κ3) is 1.45. The number of aromatic nitrogens is 1. The molecule has 2 rings (SSSR count). The van der Waals surface area contributed by atoms with E-state index in [2.05, 4.69) is 10.3 Å². The van der Waals surface area contributed by atoms with E-state index in [-0.39, 0.29) is 0 Å². The molecule has 0 fully saturated rings. The molecule has 0 saturated carbocycles. The van der Waals surface area contributed by atoms with E-state index in [0.717, 1.165) is 16.7 Å². The topological polar surface area (TPSA) is 24.9 Å². The minimum absolute atomic E-state index is 0.654. The van der Waals surface area contributed by atoms with Gasteiger partial charge in [0.15, 0.2) is 0 Å².